The van der Waals surface area contributed by atoms with Crippen molar-refractivity contribution >= 4 is 34.2 Å². The Morgan fingerprint density at radius 1 is 0.862 bits per heavy atom. The average Bonchev–Trinajstić information content (AvgIpc) is 3.47. The van der Waals surface area contributed by atoms with Gasteiger partial charge in [0, 0.05) is 17.1 Å². The highest BCUT2D eigenvalue weighted by Crippen LogP contribution is 2.35. The second-order valence-corrected chi connectivity index (χ2v) is 6.26. The lowest BCUT2D eigenvalue weighted by molar-refractivity contribution is 0.0996. The van der Waals surface area contributed by atoms with Gasteiger partial charge in [-0.15, -0.1) is 0 Å². The van der Waals surface area contributed by atoms with Gasteiger partial charge in [0.1, 0.15) is 11.3 Å². The Labute approximate surface area is 164 Å². The Bertz CT molecular complexity index is 1230. The van der Waals surface area contributed by atoms with Crippen molar-refractivity contribution in [2.24, 2.45) is 0 Å². The van der Waals surface area contributed by atoms with E-state index in [0.717, 1.165) is 0 Å². The molecule has 0 radical (unpaired) electrons. The highest BCUT2D eigenvalue weighted by molar-refractivity contribution is 6.16. The fraction of sp³-hybridized carbons (Fsp3) is 0.0476. The van der Waals surface area contributed by atoms with Crippen LogP contribution in [0.2, 0.25) is 0 Å². The van der Waals surface area contributed by atoms with Gasteiger partial charge in [0.25, 0.3) is 11.8 Å². The van der Waals surface area contributed by atoms with Crippen LogP contribution in [0.5, 0.6) is 11.5 Å². The molecule has 0 saturated carbocycles. The number of hydrogen-bond acceptors (Lipinski definition) is 6. The molecule has 0 fully saturated rings. The molecule has 5 rings (SSSR count). The van der Waals surface area contributed by atoms with E-state index in [2.05, 4.69) is 10.6 Å². The van der Waals surface area contributed by atoms with Crippen LogP contribution >= 0.6 is 0 Å². The van der Waals surface area contributed by atoms with E-state index in [9.17, 15) is 9.59 Å². The van der Waals surface area contributed by atoms with E-state index < -0.39 is 11.8 Å². The van der Waals surface area contributed by atoms with Crippen molar-refractivity contribution in [2.75, 3.05) is 17.4 Å². The molecule has 8 nitrogen and oxygen atoms in total. The molecule has 3 heterocycles. The van der Waals surface area contributed by atoms with Crippen LogP contribution < -0.4 is 20.1 Å². The van der Waals surface area contributed by atoms with Crippen molar-refractivity contribution in [3.8, 4) is 11.5 Å². The number of hydrogen-bond donors (Lipinski definition) is 2. The highest BCUT2D eigenvalue weighted by atomic mass is 16.7. The zero-order chi connectivity index (χ0) is 19.8. The molecule has 0 saturated heterocycles. The first-order valence-electron chi connectivity index (χ1n) is 8.76. The predicted octanol–water partition coefficient (Wildman–Crippen LogP) is 4.26. The number of para-hydroxylation sites is 1. The third-order valence-electron chi connectivity index (χ3n) is 4.42. The Hall–Kier alpha value is -4.20. The Balaban J connectivity index is 1.48. The fourth-order valence-corrected chi connectivity index (χ4v) is 3.07. The maximum absolute atomic E-state index is 12.9. The number of anilines is 2. The van der Waals surface area contributed by atoms with Gasteiger partial charge < -0.3 is 28.9 Å². The predicted molar refractivity (Wildman–Crippen MR) is 103 cm³/mol. The molecule has 0 unspecified atom stereocenters. The van der Waals surface area contributed by atoms with Crippen LogP contribution in [0, 0.1) is 0 Å². The van der Waals surface area contributed by atoms with Crippen LogP contribution in [0.4, 0.5) is 11.4 Å². The lowest BCUT2D eigenvalue weighted by Crippen LogP contribution is -2.16. The van der Waals surface area contributed by atoms with Gasteiger partial charge in [0.15, 0.2) is 17.3 Å². The van der Waals surface area contributed by atoms with Crippen molar-refractivity contribution in [3.05, 3.63) is 72.4 Å². The van der Waals surface area contributed by atoms with Gasteiger partial charge in [0.2, 0.25) is 12.6 Å². The molecule has 4 aromatic rings. The van der Waals surface area contributed by atoms with E-state index in [1.165, 1.54) is 12.3 Å². The van der Waals surface area contributed by atoms with Gasteiger partial charge in [-0.05, 0) is 36.4 Å². The summed E-state index contributed by atoms with van der Waals surface area (Å²) in [6.45, 7) is 0.138. The van der Waals surface area contributed by atoms with Crippen molar-refractivity contribution in [3.63, 3.8) is 0 Å². The number of nitrogens with one attached hydrogen (secondary N) is 2. The van der Waals surface area contributed by atoms with E-state index in [-0.39, 0.29) is 24.0 Å². The maximum atomic E-state index is 12.9. The van der Waals surface area contributed by atoms with E-state index >= 15 is 0 Å². The third-order valence-corrected chi connectivity index (χ3v) is 4.42. The Morgan fingerprint density at radius 3 is 2.59 bits per heavy atom. The minimum atomic E-state index is -0.519. The maximum Gasteiger partial charge on any atom is 0.293 e. The molecule has 2 amide bonds. The molecule has 0 aliphatic carbocycles. The normalized spacial score (nSPS) is 12.1. The Kier molecular flexibility index (Phi) is 3.94. The Morgan fingerprint density at radius 2 is 1.72 bits per heavy atom. The summed E-state index contributed by atoms with van der Waals surface area (Å²) in [6, 6.07) is 15.2. The quantitative estimate of drug-likeness (QED) is 0.540. The molecule has 2 aromatic heterocycles. The summed E-state index contributed by atoms with van der Waals surface area (Å²) in [4.78, 5) is 25.4. The molecule has 0 bridgehead atoms. The molecule has 1 aliphatic heterocycles. The first-order valence-corrected chi connectivity index (χ1v) is 8.76. The smallest absolute Gasteiger partial charge is 0.293 e. The van der Waals surface area contributed by atoms with Gasteiger partial charge in [-0.1, -0.05) is 12.1 Å². The van der Waals surface area contributed by atoms with Gasteiger partial charge in [-0.3, -0.25) is 9.59 Å². The summed E-state index contributed by atoms with van der Waals surface area (Å²) < 4.78 is 21.5. The SMILES string of the molecule is O=C(Nc1c(C(=O)Nc2ccc3c(c2)OCO3)oc2ccccc12)c1ccco1. The second-order valence-electron chi connectivity index (χ2n) is 6.26. The van der Waals surface area contributed by atoms with Gasteiger partial charge >= 0.3 is 0 Å². The largest absolute Gasteiger partial charge is 0.459 e. The number of rotatable bonds is 4. The number of benzene rings is 2. The zero-order valence-electron chi connectivity index (χ0n) is 14.9. The second kappa shape index (κ2) is 6.75. The first-order chi connectivity index (χ1) is 14.2. The van der Waals surface area contributed by atoms with Crippen LogP contribution in [0.3, 0.4) is 0 Å². The van der Waals surface area contributed by atoms with Crippen LogP contribution in [0.15, 0.2) is 69.7 Å². The van der Waals surface area contributed by atoms with Crippen LogP contribution in [-0.4, -0.2) is 18.6 Å². The topological polar surface area (TPSA) is 103 Å². The standard InChI is InChI=1S/C21H14N2O6/c24-20(16-6-3-9-26-16)23-18-13-4-1-2-5-14(13)29-19(18)21(25)22-12-7-8-15-17(10-12)28-11-27-15/h1-10H,11H2,(H,22,25)(H,23,24). The summed E-state index contributed by atoms with van der Waals surface area (Å²) >= 11 is 0. The van der Waals surface area contributed by atoms with Crippen LogP contribution in [0.25, 0.3) is 11.0 Å². The minimum Gasteiger partial charge on any atom is -0.459 e. The molecule has 8 heteroatoms. The van der Waals surface area contributed by atoms with Crippen molar-refractivity contribution in [1.29, 1.82) is 0 Å². The van der Waals surface area contributed by atoms with E-state index in [0.29, 0.717) is 28.2 Å². The summed E-state index contributed by atoms with van der Waals surface area (Å²) in [5.41, 5.74) is 1.24. The molecule has 29 heavy (non-hydrogen) atoms. The first kappa shape index (κ1) is 16.9. The number of fused-ring (bicyclic) bond motifs is 2. The third kappa shape index (κ3) is 3.06. The number of ether oxygens (including phenoxy) is 2. The van der Waals surface area contributed by atoms with Crippen molar-refractivity contribution in [2.45, 2.75) is 0 Å². The lowest BCUT2D eigenvalue weighted by Gasteiger charge is -2.07. The van der Waals surface area contributed by atoms with Crippen molar-refractivity contribution in [1.82, 2.24) is 0 Å². The molecule has 0 atom stereocenters. The van der Waals surface area contributed by atoms with Crippen LogP contribution in [-0.2, 0) is 0 Å². The van der Waals surface area contributed by atoms with E-state index in [1.54, 1.807) is 48.5 Å². The molecule has 0 spiro atoms. The van der Waals surface area contributed by atoms with E-state index in [1.807, 2.05) is 0 Å². The van der Waals surface area contributed by atoms with Gasteiger partial charge in [0.05, 0.1) is 6.26 Å². The lowest BCUT2D eigenvalue weighted by atomic mass is 10.2. The van der Waals surface area contributed by atoms with Gasteiger partial charge in [-0.2, -0.15) is 0 Å². The minimum absolute atomic E-state index is 0.0243. The molecule has 1 aliphatic rings. The summed E-state index contributed by atoms with van der Waals surface area (Å²) in [6.07, 6.45) is 1.40. The number of carbonyl (C=O) groups excluding carboxylic acids is 2. The molecule has 144 valence electrons. The zero-order valence-corrected chi connectivity index (χ0v) is 14.9. The summed E-state index contributed by atoms with van der Waals surface area (Å²) in [7, 11) is 0. The monoisotopic (exact) mass is 390 g/mol. The fourth-order valence-electron chi connectivity index (χ4n) is 3.07. The number of furan rings is 2. The highest BCUT2D eigenvalue weighted by Gasteiger charge is 2.24. The summed E-state index contributed by atoms with van der Waals surface area (Å²) in [5, 5.41) is 6.07. The molecule has 2 aromatic carbocycles. The molecular formula is C21H14N2O6. The number of amides is 2. The summed E-state index contributed by atoms with van der Waals surface area (Å²) in [5.74, 6) is 0.242. The van der Waals surface area contributed by atoms with Crippen LogP contribution in [0.1, 0.15) is 21.1 Å². The number of carbonyl (C=O) groups is 2. The van der Waals surface area contributed by atoms with Crippen molar-refractivity contribution < 1.29 is 27.9 Å². The molecular weight excluding hydrogens is 376 g/mol. The van der Waals surface area contributed by atoms with E-state index in [4.69, 9.17) is 18.3 Å². The molecule has 2 N–H and O–H groups in total. The average molecular weight is 390 g/mol. The van der Waals surface area contributed by atoms with Gasteiger partial charge in [-0.25, -0.2) is 0 Å².